The van der Waals surface area contributed by atoms with Gasteiger partial charge in [-0.05, 0) is 11.3 Å². The molecule has 0 unspecified atom stereocenters. The van der Waals surface area contributed by atoms with Crippen LogP contribution in [0.5, 0.6) is 0 Å². The van der Waals surface area contributed by atoms with Crippen LogP contribution in [0.2, 0.25) is 12.1 Å². The van der Waals surface area contributed by atoms with Crippen molar-refractivity contribution >= 4 is 35.8 Å². The standard InChI is InChI=1S/C38H62NSi/c1-3-5-7-9-11-13-15-17-19-21-25-32-40(33-26-22-20-18-16-14-12-10-8-6-4-2)37-31-27-29-35-34-28-23-24-30-36(34)39-38(35)37/h23-24,27-31,39H,3-22,25-26,32-33H2,1-2H3. The number of hydrogen-bond donors (Lipinski definition) is 1. The number of fused-ring (bicyclic) bond motifs is 3. The van der Waals surface area contributed by atoms with Crippen LogP contribution in [0, 0.1) is 0 Å². The van der Waals surface area contributed by atoms with E-state index >= 15 is 0 Å². The monoisotopic (exact) mass is 560 g/mol. The van der Waals surface area contributed by atoms with E-state index in [4.69, 9.17) is 0 Å². The zero-order chi connectivity index (χ0) is 28.1. The first kappa shape index (κ1) is 33.0. The van der Waals surface area contributed by atoms with Crippen LogP contribution in [-0.4, -0.2) is 13.8 Å². The molecule has 0 spiro atoms. The first-order valence-electron chi connectivity index (χ1n) is 17.7. The van der Waals surface area contributed by atoms with Crippen LogP contribution in [0.1, 0.15) is 155 Å². The maximum atomic E-state index is 3.84. The molecule has 3 rings (SSSR count). The number of benzene rings is 2. The Labute approximate surface area is 249 Å². The predicted octanol–water partition coefficient (Wildman–Crippen LogP) is 12.6. The third-order valence-corrected chi connectivity index (χ3v) is 12.2. The van der Waals surface area contributed by atoms with Crippen molar-refractivity contribution in [1.29, 1.82) is 0 Å². The van der Waals surface area contributed by atoms with E-state index in [2.05, 4.69) is 61.3 Å². The van der Waals surface area contributed by atoms with Gasteiger partial charge in [0.2, 0.25) is 0 Å². The minimum atomic E-state index is -0.545. The number of nitrogens with one attached hydrogen (secondary N) is 1. The van der Waals surface area contributed by atoms with E-state index in [-0.39, 0.29) is 0 Å². The summed E-state index contributed by atoms with van der Waals surface area (Å²) in [5.41, 5.74) is 2.75. The van der Waals surface area contributed by atoms with Crippen molar-refractivity contribution in [3.05, 3.63) is 42.5 Å². The number of hydrogen-bond acceptors (Lipinski definition) is 0. The Balaban J connectivity index is 1.44. The molecule has 1 nitrogen and oxygen atoms in total. The average Bonchev–Trinajstić information content (AvgIpc) is 3.36. The van der Waals surface area contributed by atoms with Crippen LogP contribution in [-0.2, 0) is 0 Å². The lowest BCUT2D eigenvalue weighted by molar-refractivity contribution is 0.552. The Morgan fingerprint density at radius 1 is 0.450 bits per heavy atom. The third kappa shape index (κ3) is 12.1. The lowest BCUT2D eigenvalue weighted by atomic mass is 10.1. The predicted molar refractivity (Wildman–Crippen MR) is 184 cm³/mol. The fourth-order valence-electron chi connectivity index (χ4n) is 6.57. The summed E-state index contributed by atoms with van der Waals surface area (Å²) in [4.78, 5) is 3.84. The molecule has 3 aromatic rings. The molecule has 40 heavy (non-hydrogen) atoms. The Hall–Kier alpha value is -1.54. The van der Waals surface area contributed by atoms with Crippen LogP contribution in [0.3, 0.4) is 0 Å². The highest BCUT2D eigenvalue weighted by Crippen LogP contribution is 2.26. The molecule has 0 saturated heterocycles. The maximum absolute atomic E-state index is 3.84. The van der Waals surface area contributed by atoms with Gasteiger partial charge in [-0.1, -0.05) is 204 Å². The van der Waals surface area contributed by atoms with E-state index in [0.717, 1.165) is 0 Å². The van der Waals surface area contributed by atoms with Gasteiger partial charge in [-0.3, -0.25) is 0 Å². The number of H-pyrrole nitrogens is 1. The molecule has 1 aromatic heterocycles. The molecule has 1 heterocycles. The van der Waals surface area contributed by atoms with Gasteiger partial charge in [0.25, 0.3) is 0 Å². The minimum absolute atomic E-state index is 0.545. The van der Waals surface area contributed by atoms with Crippen molar-refractivity contribution in [3.8, 4) is 0 Å². The van der Waals surface area contributed by atoms with Gasteiger partial charge in [-0.2, -0.15) is 0 Å². The van der Waals surface area contributed by atoms with E-state index in [9.17, 15) is 0 Å². The van der Waals surface area contributed by atoms with Gasteiger partial charge >= 0.3 is 0 Å². The SMILES string of the molecule is CCCCCCCCCCCCC[Si](CCCCCCCCCCCCC)c1cccc2c1[nH]c1ccccc12. The molecule has 0 fully saturated rings. The Bertz CT molecular complexity index is 995. The van der Waals surface area contributed by atoms with Gasteiger partial charge in [-0.15, -0.1) is 0 Å². The zero-order valence-electron chi connectivity index (χ0n) is 26.5. The van der Waals surface area contributed by atoms with Crippen molar-refractivity contribution < 1.29 is 0 Å². The number of aromatic amines is 1. The fourth-order valence-corrected chi connectivity index (χ4v) is 9.59. The summed E-state index contributed by atoms with van der Waals surface area (Å²) in [6.07, 6.45) is 31.6. The third-order valence-electron chi connectivity index (χ3n) is 9.09. The molecule has 0 bridgehead atoms. The van der Waals surface area contributed by atoms with Gasteiger partial charge in [0.1, 0.15) is 0 Å². The van der Waals surface area contributed by atoms with Crippen molar-refractivity contribution in [2.45, 2.75) is 167 Å². The van der Waals surface area contributed by atoms with Crippen molar-refractivity contribution in [2.75, 3.05) is 0 Å². The van der Waals surface area contributed by atoms with E-state index < -0.39 is 8.80 Å². The minimum Gasteiger partial charge on any atom is -0.355 e. The molecular formula is C38H62NSi. The second kappa shape index (κ2) is 21.2. The van der Waals surface area contributed by atoms with Gasteiger partial charge < -0.3 is 4.98 Å². The van der Waals surface area contributed by atoms with Gasteiger partial charge in [0, 0.05) is 21.8 Å². The van der Waals surface area contributed by atoms with Crippen LogP contribution >= 0.6 is 0 Å². The Kier molecular flexibility index (Phi) is 17.5. The molecule has 2 aromatic carbocycles. The molecule has 2 heteroatoms. The number of para-hydroxylation sites is 2. The summed E-state index contributed by atoms with van der Waals surface area (Å²) >= 11 is 0. The molecule has 1 N–H and O–H groups in total. The summed E-state index contributed by atoms with van der Waals surface area (Å²) in [6, 6.07) is 18.9. The highest BCUT2D eigenvalue weighted by atomic mass is 28.3. The Morgan fingerprint density at radius 2 is 0.875 bits per heavy atom. The summed E-state index contributed by atoms with van der Waals surface area (Å²) in [5.74, 6) is 0. The molecule has 0 amide bonds. The smallest absolute Gasteiger partial charge is 0.0884 e. The fraction of sp³-hybridized carbons (Fsp3) is 0.684. The second-order valence-electron chi connectivity index (χ2n) is 12.6. The van der Waals surface area contributed by atoms with Crippen LogP contribution in [0.25, 0.3) is 21.8 Å². The second-order valence-corrected chi connectivity index (χ2v) is 15.3. The van der Waals surface area contributed by atoms with E-state index in [1.54, 1.807) is 5.19 Å². The first-order valence-corrected chi connectivity index (χ1v) is 19.6. The van der Waals surface area contributed by atoms with E-state index in [0.29, 0.717) is 0 Å². The molecule has 0 aliphatic heterocycles. The Morgan fingerprint density at radius 3 is 1.38 bits per heavy atom. The van der Waals surface area contributed by atoms with Gasteiger partial charge in [-0.25, -0.2) is 0 Å². The van der Waals surface area contributed by atoms with Crippen LogP contribution < -0.4 is 5.19 Å². The van der Waals surface area contributed by atoms with Crippen molar-refractivity contribution in [3.63, 3.8) is 0 Å². The van der Waals surface area contributed by atoms with Gasteiger partial charge in [0.15, 0.2) is 0 Å². The van der Waals surface area contributed by atoms with Crippen molar-refractivity contribution in [2.24, 2.45) is 0 Å². The summed E-state index contributed by atoms with van der Waals surface area (Å²) in [5, 5.41) is 4.51. The number of unbranched alkanes of at least 4 members (excludes halogenated alkanes) is 20. The molecule has 223 valence electrons. The van der Waals surface area contributed by atoms with Crippen molar-refractivity contribution in [1.82, 2.24) is 4.98 Å². The highest BCUT2D eigenvalue weighted by molar-refractivity contribution is 6.75. The summed E-state index contributed by atoms with van der Waals surface area (Å²) in [7, 11) is -0.545. The maximum Gasteiger partial charge on any atom is 0.0884 e. The largest absolute Gasteiger partial charge is 0.355 e. The van der Waals surface area contributed by atoms with E-state index in [1.165, 1.54) is 175 Å². The number of aromatic nitrogens is 1. The quantitative estimate of drug-likeness (QED) is 0.0783. The topological polar surface area (TPSA) is 15.8 Å². The number of rotatable bonds is 25. The van der Waals surface area contributed by atoms with Crippen LogP contribution in [0.4, 0.5) is 0 Å². The molecule has 1 radical (unpaired) electrons. The average molecular weight is 561 g/mol. The molecular weight excluding hydrogens is 499 g/mol. The lowest BCUT2D eigenvalue weighted by Crippen LogP contribution is -2.30. The molecule has 0 saturated carbocycles. The normalized spacial score (nSPS) is 11.9. The molecule has 0 aliphatic carbocycles. The molecule has 0 atom stereocenters. The summed E-state index contributed by atoms with van der Waals surface area (Å²) in [6.45, 7) is 4.62. The zero-order valence-corrected chi connectivity index (χ0v) is 27.5. The van der Waals surface area contributed by atoms with Gasteiger partial charge in [0.05, 0.1) is 8.80 Å². The van der Waals surface area contributed by atoms with Crippen LogP contribution in [0.15, 0.2) is 42.5 Å². The van der Waals surface area contributed by atoms with E-state index in [1.807, 2.05) is 0 Å². The molecule has 0 aliphatic rings. The lowest BCUT2D eigenvalue weighted by Gasteiger charge is -2.17. The summed E-state index contributed by atoms with van der Waals surface area (Å²) < 4.78 is 0. The first-order chi connectivity index (χ1) is 19.8. The highest BCUT2D eigenvalue weighted by Gasteiger charge is 2.18.